The Morgan fingerprint density at radius 1 is 1.08 bits per heavy atom. The van der Waals surface area contributed by atoms with E-state index in [1.165, 1.54) is 6.07 Å². The maximum Gasteiger partial charge on any atom is 0.261 e. The van der Waals surface area contributed by atoms with Crippen LogP contribution in [-0.4, -0.2) is 35.7 Å². The number of imide groups is 1. The van der Waals surface area contributed by atoms with Crippen molar-refractivity contribution in [1.82, 2.24) is 10.2 Å². The van der Waals surface area contributed by atoms with Gasteiger partial charge in [0.05, 0.1) is 6.42 Å². The highest BCUT2D eigenvalue weighted by Crippen LogP contribution is 2.19. The summed E-state index contributed by atoms with van der Waals surface area (Å²) in [6, 6.07) is 13.2. The smallest absolute Gasteiger partial charge is 0.261 e. The van der Waals surface area contributed by atoms with Crippen LogP contribution in [0.5, 0.6) is 0 Å². The van der Waals surface area contributed by atoms with Gasteiger partial charge in [-0.1, -0.05) is 36.4 Å². The Labute approximate surface area is 144 Å². The number of rotatable bonds is 5. The summed E-state index contributed by atoms with van der Waals surface area (Å²) in [6.45, 7) is -0.101. The van der Waals surface area contributed by atoms with Crippen molar-refractivity contribution in [2.75, 3.05) is 13.1 Å². The van der Waals surface area contributed by atoms with Crippen LogP contribution >= 0.6 is 0 Å². The standard InChI is InChI=1S/C19H17FN2O3/c20-16-8-4-2-5-13(16)9-10-21-17(23)12-22-18(24)11-14-6-1-3-7-15(14)19(22)25/h1-8H,9-12H2,(H,21,23). The molecule has 6 heteroatoms. The average Bonchev–Trinajstić information content (AvgIpc) is 2.60. The summed E-state index contributed by atoms with van der Waals surface area (Å²) in [5.41, 5.74) is 1.62. The summed E-state index contributed by atoms with van der Waals surface area (Å²) in [4.78, 5) is 37.5. The Kier molecular flexibility index (Phi) is 4.88. The zero-order valence-electron chi connectivity index (χ0n) is 13.5. The second-order valence-electron chi connectivity index (χ2n) is 5.81. The summed E-state index contributed by atoms with van der Waals surface area (Å²) in [7, 11) is 0. The maximum atomic E-state index is 13.5. The van der Waals surface area contributed by atoms with Crippen LogP contribution < -0.4 is 5.32 Å². The van der Waals surface area contributed by atoms with Crippen LogP contribution in [-0.2, 0) is 22.4 Å². The number of amides is 3. The fourth-order valence-corrected chi connectivity index (χ4v) is 2.80. The van der Waals surface area contributed by atoms with Crippen molar-refractivity contribution in [2.45, 2.75) is 12.8 Å². The van der Waals surface area contributed by atoms with Gasteiger partial charge in [0.2, 0.25) is 11.8 Å². The summed E-state index contributed by atoms with van der Waals surface area (Å²) >= 11 is 0. The van der Waals surface area contributed by atoms with Gasteiger partial charge in [0, 0.05) is 12.1 Å². The highest BCUT2D eigenvalue weighted by molar-refractivity contribution is 6.11. The third kappa shape index (κ3) is 3.74. The minimum atomic E-state index is -0.462. The van der Waals surface area contributed by atoms with E-state index in [1.807, 2.05) is 0 Å². The van der Waals surface area contributed by atoms with Crippen molar-refractivity contribution in [1.29, 1.82) is 0 Å². The topological polar surface area (TPSA) is 66.5 Å². The molecule has 3 rings (SSSR count). The number of nitrogens with one attached hydrogen (secondary N) is 1. The monoisotopic (exact) mass is 340 g/mol. The lowest BCUT2D eigenvalue weighted by Crippen LogP contribution is -2.47. The van der Waals surface area contributed by atoms with Gasteiger partial charge >= 0.3 is 0 Å². The molecule has 25 heavy (non-hydrogen) atoms. The van der Waals surface area contributed by atoms with Crippen molar-refractivity contribution in [2.24, 2.45) is 0 Å². The van der Waals surface area contributed by atoms with Crippen molar-refractivity contribution >= 4 is 17.7 Å². The SMILES string of the molecule is O=C(CN1C(=O)Cc2ccccc2C1=O)NCCc1ccccc1F. The van der Waals surface area contributed by atoms with Crippen LogP contribution in [0.15, 0.2) is 48.5 Å². The van der Waals surface area contributed by atoms with E-state index in [-0.39, 0.29) is 25.3 Å². The molecule has 0 spiro atoms. The first-order valence-electron chi connectivity index (χ1n) is 7.99. The molecule has 1 heterocycles. The molecular weight excluding hydrogens is 323 g/mol. The largest absolute Gasteiger partial charge is 0.354 e. The summed E-state index contributed by atoms with van der Waals surface area (Å²) in [5, 5.41) is 2.62. The Hall–Kier alpha value is -3.02. The number of benzene rings is 2. The zero-order chi connectivity index (χ0) is 17.8. The van der Waals surface area contributed by atoms with Gasteiger partial charge in [0.15, 0.2) is 0 Å². The van der Waals surface area contributed by atoms with Gasteiger partial charge in [-0.3, -0.25) is 19.3 Å². The molecule has 0 aliphatic carbocycles. The van der Waals surface area contributed by atoms with Crippen LogP contribution in [0.4, 0.5) is 4.39 Å². The van der Waals surface area contributed by atoms with Crippen molar-refractivity contribution < 1.29 is 18.8 Å². The molecule has 0 saturated carbocycles. The highest BCUT2D eigenvalue weighted by atomic mass is 19.1. The van der Waals surface area contributed by atoms with E-state index in [9.17, 15) is 18.8 Å². The summed E-state index contributed by atoms with van der Waals surface area (Å²) in [6.07, 6.45) is 0.438. The molecule has 0 aromatic heterocycles. The zero-order valence-corrected chi connectivity index (χ0v) is 13.5. The van der Waals surface area contributed by atoms with Gasteiger partial charge in [-0.05, 0) is 29.7 Å². The molecular formula is C19H17FN2O3. The predicted molar refractivity (Wildman–Crippen MR) is 89.3 cm³/mol. The van der Waals surface area contributed by atoms with Crippen LogP contribution in [0, 0.1) is 5.82 Å². The first kappa shape index (κ1) is 16.8. The van der Waals surface area contributed by atoms with E-state index < -0.39 is 17.7 Å². The van der Waals surface area contributed by atoms with E-state index in [0.29, 0.717) is 23.1 Å². The van der Waals surface area contributed by atoms with E-state index in [1.54, 1.807) is 42.5 Å². The third-order valence-electron chi connectivity index (χ3n) is 4.11. The Morgan fingerprint density at radius 3 is 2.60 bits per heavy atom. The van der Waals surface area contributed by atoms with Gasteiger partial charge in [0.25, 0.3) is 5.91 Å². The molecule has 0 saturated heterocycles. The quantitative estimate of drug-likeness (QED) is 0.843. The van der Waals surface area contributed by atoms with Gasteiger partial charge in [-0.25, -0.2) is 4.39 Å². The van der Waals surface area contributed by atoms with Gasteiger partial charge in [-0.15, -0.1) is 0 Å². The number of carbonyl (C=O) groups excluding carboxylic acids is 3. The summed E-state index contributed by atoms with van der Waals surface area (Å²) < 4.78 is 13.5. The first-order chi connectivity index (χ1) is 12.1. The molecule has 3 amide bonds. The van der Waals surface area contributed by atoms with Crippen LogP contribution in [0.2, 0.25) is 0 Å². The second-order valence-corrected chi connectivity index (χ2v) is 5.81. The van der Waals surface area contributed by atoms with Crippen LogP contribution in [0.25, 0.3) is 0 Å². The lowest BCUT2D eigenvalue weighted by molar-refractivity contribution is -0.133. The van der Waals surface area contributed by atoms with Gasteiger partial charge < -0.3 is 5.32 Å². The average molecular weight is 340 g/mol. The third-order valence-corrected chi connectivity index (χ3v) is 4.11. The minimum absolute atomic E-state index is 0.102. The molecule has 0 radical (unpaired) electrons. The fraction of sp³-hybridized carbons (Fsp3) is 0.211. The van der Waals surface area contributed by atoms with Crippen molar-refractivity contribution in [3.8, 4) is 0 Å². The van der Waals surface area contributed by atoms with Gasteiger partial charge in [-0.2, -0.15) is 0 Å². The first-order valence-corrected chi connectivity index (χ1v) is 7.99. The fourth-order valence-electron chi connectivity index (χ4n) is 2.80. The molecule has 128 valence electrons. The highest BCUT2D eigenvalue weighted by Gasteiger charge is 2.31. The van der Waals surface area contributed by atoms with E-state index in [2.05, 4.69) is 5.32 Å². The van der Waals surface area contributed by atoms with Crippen molar-refractivity contribution in [3.05, 3.63) is 71.0 Å². The number of hydrogen-bond donors (Lipinski definition) is 1. The lowest BCUT2D eigenvalue weighted by Gasteiger charge is -2.26. The molecule has 5 nitrogen and oxygen atoms in total. The van der Waals surface area contributed by atoms with Crippen LogP contribution in [0.3, 0.4) is 0 Å². The second kappa shape index (κ2) is 7.25. The Morgan fingerprint density at radius 2 is 1.80 bits per heavy atom. The Balaban J connectivity index is 1.57. The number of halogens is 1. The number of nitrogens with zero attached hydrogens (tertiary/aromatic N) is 1. The van der Waals surface area contributed by atoms with Crippen molar-refractivity contribution in [3.63, 3.8) is 0 Å². The van der Waals surface area contributed by atoms with Gasteiger partial charge in [0.1, 0.15) is 12.4 Å². The Bertz CT molecular complexity index is 835. The molecule has 2 aromatic carbocycles. The normalized spacial score (nSPS) is 13.6. The molecule has 1 N–H and O–H groups in total. The number of fused-ring (bicyclic) bond motifs is 1. The molecule has 2 aromatic rings. The maximum absolute atomic E-state index is 13.5. The predicted octanol–water partition coefficient (Wildman–Crippen LogP) is 1.71. The number of carbonyl (C=O) groups is 3. The molecule has 1 aliphatic rings. The lowest BCUT2D eigenvalue weighted by atomic mass is 9.98. The van der Waals surface area contributed by atoms with E-state index >= 15 is 0 Å². The number of hydrogen-bond acceptors (Lipinski definition) is 3. The van der Waals surface area contributed by atoms with E-state index in [4.69, 9.17) is 0 Å². The molecule has 1 aliphatic heterocycles. The molecule has 0 unspecified atom stereocenters. The summed E-state index contributed by atoms with van der Waals surface area (Å²) in [5.74, 6) is -1.63. The van der Waals surface area contributed by atoms with Crippen LogP contribution in [0.1, 0.15) is 21.5 Å². The molecule has 0 atom stereocenters. The van der Waals surface area contributed by atoms with E-state index in [0.717, 1.165) is 4.90 Å². The molecule has 0 bridgehead atoms. The minimum Gasteiger partial charge on any atom is -0.354 e. The molecule has 0 fully saturated rings.